The molecule has 0 bridgehead atoms. The van der Waals surface area contributed by atoms with Gasteiger partial charge in [0, 0.05) is 12.7 Å². The molecular formula is C12H14F2O4S. The number of hydrogen-bond donors (Lipinski definition) is 0. The van der Waals surface area contributed by atoms with Gasteiger partial charge in [-0.15, -0.1) is 0 Å². The summed E-state index contributed by atoms with van der Waals surface area (Å²) in [5.74, 6) is -2.73. The average Bonchev–Trinajstić information content (AvgIpc) is 2.34. The molecule has 1 unspecified atom stereocenters. The van der Waals surface area contributed by atoms with Crippen molar-refractivity contribution in [3.63, 3.8) is 0 Å². The first-order valence-electron chi connectivity index (χ1n) is 5.95. The van der Waals surface area contributed by atoms with Crippen LogP contribution in [0.25, 0.3) is 0 Å². The molecule has 1 aromatic rings. The van der Waals surface area contributed by atoms with Crippen LogP contribution >= 0.6 is 0 Å². The quantitative estimate of drug-likeness (QED) is 0.799. The second kappa shape index (κ2) is 5.83. The van der Waals surface area contributed by atoms with E-state index in [0.29, 0.717) is 19.1 Å². The van der Waals surface area contributed by atoms with Crippen molar-refractivity contribution < 1.29 is 26.1 Å². The summed E-state index contributed by atoms with van der Waals surface area (Å²) in [5, 5.41) is 0. The van der Waals surface area contributed by atoms with Crippen LogP contribution in [0.1, 0.15) is 19.3 Å². The molecule has 1 aliphatic heterocycles. The molecule has 1 fully saturated rings. The van der Waals surface area contributed by atoms with Crippen molar-refractivity contribution in [3.8, 4) is 5.75 Å². The summed E-state index contributed by atoms with van der Waals surface area (Å²) < 4.78 is 59.2. The SMILES string of the molecule is O=S(=O)(CC1CCCCO1)Oc1ccc(F)c(F)c1. The van der Waals surface area contributed by atoms with Crippen LogP contribution in [0, 0.1) is 11.6 Å². The zero-order valence-corrected chi connectivity index (χ0v) is 11.0. The van der Waals surface area contributed by atoms with Crippen LogP contribution in [0.3, 0.4) is 0 Å². The second-order valence-electron chi connectivity index (χ2n) is 4.37. The van der Waals surface area contributed by atoms with Crippen molar-refractivity contribution >= 4 is 10.1 Å². The predicted molar refractivity (Wildman–Crippen MR) is 64.4 cm³/mol. The topological polar surface area (TPSA) is 52.6 Å². The van der Waals surface area contributed by atoms with Gasteiger partial charge < -0.3 is 8.92 Å². The lowest BCUT2D eigenvalue weighted by atomic mass is 10.1. The van der Waals surface area contributed by atoms with Gasteiger partial charge in [-0.25, -0.2) is 8.78 Å². The highest BCUT2D eigenvalue weighted by Gasteiger charge is 2.23. The Labute approximate surface area is 110 Å². The summed E-state index contributed by atoms with van der Waals surface area (Å²) in [6.07, 6.45) is 2.08. The molecule has 1 heterocycles. The highest BCUT2D eigenvalue weighted by atomic mass is 32.2. The molecule has 2 rings (SSSR count). The smallest absolute Gasteiger partial charge is 0.311 e. The largest absolute Gasteiger partial charge is 0.382 e. The Balaban J connectivity index is 2.01. The molecule has 0 radical (unpaired) electrons. The molecule has 4 nitrogen and oxygen atoms in total. The van der Waals surface area contributed by atoms with Gasteiger partial charge in [-0.3, -0.25) is 0 Å². The lowest BCUT2D eigenvalue weighted by Gasteiger charge is -2.22. The molecule has 7 heteroatoms. The van der Waals surface area contributed by atoms with E-state index in [1.54, 1.807) is 0 Å². The molecule has 0 saturated carbocycles. The number of hydrogen-bond acceptors (Lipinski definition) is 4. The van der Waals surface area contributed by atoms with Gasteiger partial charge >= 0.3 is 10.1 Å². The average molecular weight is 292 g/mol. The Hall–Kier alpha value is -1.21. The van der Waals surface area contributed by atoms with Gasteiger partial charge in [0.05, 0.1) is 6.10 Å². The summed E-state index contributed by atoms with van der Waals surface area (Å²) >= 11 is 0. The maximum atomic E-state index is 12.9. The first kappa shape index (κ1) is 14.2. The Morgan fingerprint density at radius 2 is 2.05 bits per heavy atom. The van der Waals surface area contributed by atoms with E-state index in [1.165, 1.54) is 0 Å². The van der Waals surface area contributed by atoms with E-state index in [9.17, 15) is 17.2 Å². The van der Waals surface area contributed by atoms with E-state index in [2.05, 4.69) is 0 Å². The molecule has 0 spiro atoms. The minimum Gasteiger partial charge on any atom is -0.382 e. The second-order valence-corrected chi connectivity index (χ2v) is 5.99. The maximum Gasteiger partial charge on any atom is 0.311 e. The van der Waals surface area contributed by atoms with Crippen molar-refractivity contribution in [1.29, 1.82) is 0 Å². The highest BCUT2D eigenvalue weighted by molar-refractivity contribution is 7.87. The molecule has 106 valence electrons. The molecule has 0 amide bonds. The van der Waals surface area contributed by atoms with Gasteiger partial charge in [-0.05, 0) is 31.4 Å². The van der Waals surface area contributed by atoms with Crippen LogP contribution in [0.15, 0.2) is 18.2 Å². The maximum absolute atomic E-state index is 12.9. The number of ether oxygens (including phenoxy) is 1. The lowest BCUT2D eigenvalue weighted by molar-refractivity contribution is 0.0298. The fourth-order valence-electron chi connectivity index (χ4n) is 1.88. The van der Waals surface area contributed by atoms with Crippen LogP contribution in [0.4, 0.5) is 8.78 Å². The Morgan fingerprint density at radius 3 is 2.68 bits per heavy atom. The summed E-state index contributed by atoms with van der Waals surface area (Å²) in [7, 11) is -3.88. The van der Waals surface area contributed by atoms with Crippen molar-refractivity contribution in [2.75, 3.05) is 12.4 Å². The van der Waals surface area contributed by atoms with E-state index in [1.807, 2.05) is 0 Å². The first-order chi connectivity index (χ1) is 8.96. The fraction of sp³-hybridized carbons (Fsp3) is 0.500. The molecule has 1 atom stereocenters. The third-order valence-electron chi connectivity index (χ3n) is 2.78. The normalized spacial score (nSPS) is 20.2. The predicted octanol–water partition coefficient (Wildman–Crippen LogP) is 2.24. The summed E-state index contributed by atoms with van der Waals surface area (Å²) in [5.41, 5.74) is 0. The molecule has 1 aromatic carbocycles. The third-order valence-corrected chi connectivity index (χ3v) is 4.00. The molecule has 1 saturated heterocycles. The molecule has 0 aliphatic carbocycles. The summed E-state index contributed by atoms with van der Waals surface area (Å²) in [6.45, 7) is 0.533. The third kappa shape index (κ3) is 4.14. The number of benzene rings is 1. The van der Waals surface area contributed by atoms with Crippen LogP contribution in [-0.2, 0) is 14.9 Å². The van der Waals surface area contributed by atoms with Crippen molar-refractivity contribution in [2.45, 2.75) is 25.4 Å². The van der Waals surface area contributed by atoms with Gasteiger partial charge in [0.2, 0.25) is 0 Å². The first-order valence-corrected chi connectivity index (χ1v) is 7.53. The number of halogens is 2. The van der Waals surface area contributed by atoms with E-state index >= 15 is 0 Å². The van der Waals surface area contributed by atoms with E-state index < -0.39 is 27.9 Å². The monoisotopic (exact) mass is 292 g/mol. The van der Waals surface area contributed by atoms with E-state index in [-0.39, 0.29) is 11.5 Å². The zero-order chi connectivity index (χ0) is 13.9. The van der Waals surface area contributed by atoms with Crippen molar-refractivity contribution in [3.05, 3.63) is 29.8 Å². The van der Waals surface area contributed by atoms with E-state index in [4.69, 9.17) is 8.92 Å². The summed E-state index contributed by atoms with van der Waals surface area (Å²) in [4.78, 5) is 0. The minimum atomic E-state index is -3.88. The van der Waals surface area contributed by atoms with Crippen LogP contribution < -0.4 is 4.18 Å². The van der Waals surface area contributed by atoms with Gasteiger partial charge in [0.15, 0.2) is 11.6 Å². The van der Waals surface area contributed by atoms with Gasteiger partial charge in [-0.2, -0.15) is 8.42 Å². The van der Waals surface area contributed by atoms with Gasteiger partial charge in [-0.1, -0.05) is 0 Å². The van der Waals surface area contributed by atoms with Crippen molar-refractivity contribution in [2.24, 2.45) is 0 Å². The van der Waals surface area contributed by atoms with Gasteiger partial charge in [0.25, 0.3) is 0 Å². The van der Waals surface area contributed by atoms with E-state index in [0.717, 1.165) is 25.0 Å². The lowest BCUT2D eigenvalue weighted by Crippen LogP contribution is -2.29. The molecule has 0 N–H and O–H groups in total. The summed E-state index contributed by atoms with van der Waals surface area (Å²) in [6, 6.07) is 2.59. The highest BCUT2D eigenvalue weighted by Crippen LogP contribution is 2.20. The molecule has 0 aromatic heterocycles. The zero-order valence-electron chi connectivity index (χ0n) is 10.1. The molecular weight excluding hydrogens is 278 g/mol. The molecule has 19 heavy (non-hydrogen) atoms. The van der Waals surface area contributed by atoms with Crippen LogP contribution in [0.5, 0.6) is 5.75 Å². The molecule has 1 aliphatic rings. The minimum absolute atomic E-state index is 0.241. The Morgan fingerprint density at radius 1 is 1.26 bits per heavy atom. The Bertz CT molecular complexity index is 539. The fourth-order valence-corrected chi connectivity index (χ4v) is 3.06. The standard InChI is InChI=1S/C12H14F2O4S/c13-11-5-4-9(7-12(11)14)18-19(15,16)8-10-3-1-2-6-17-10/h4-5,7,10H,1-3,6,8H2. The van der Waals surface area contributed by atoms with Gasteiger partial charge in [0.1, 0.15) is 11.5 Å². The van der Waals surface area contributed by atoms with Crippen molar-refractivity contribution in [1.82, 2.24) is 0 Å². The van der Waals surface area contributed by atoms with Crippen LogP contribution in [0.2, 0.25) is 0 Å². The van der Waals surface area contributed by atoms with Crippen LogP contribution in [-0.4, -0.2) is 26.9 Å². The Kier molecular flexibility index (Phi) is 4.36. The number of rotatable bonds is 4.